The number of carboxylic acid groups (broad SMARTS) is 1. The molecule has 0 saturated heterocycles. The molecule has 0 amide bonds. The van der Waals surface area contributed by atoms with Gasteiger partial charge >= 0.3 is 5.97 Å². The molecule has 0 aliphatic heterocycles. The third-order valence-electron chi connectivity index (χ3n) is 2.38. The molecular formula is C10H11BrFNO2. The topological polar surface area (TPSA) is 63.3 Å². The van der Waals surface area contributed by atoms with Crippen molar-refractivity contribution in [3.05, 3.63) is 34.3 Å². The van der Waals surface area contributed by atoms with E-state index in [1.54, 1.807) is 24.3 Å². The van der Waals surface area contributed by atoms with Crippen molar-refractivity contribution in [2.75, 3.05) is 13.2 Å². The number of rotatable bonds is 4. The van der Waals surface area contributed by atoms with Gasteiger partial charge in [-0.05, 0) is 11.6 Å². The van der Waals surface area contributed by atoms with Crippen LogP contribution in [-0.2, 0) is 10.2 Å². The average Bonchev–Trinajstić information content (AvgIpc) is 2.22. The molecule has 5 heteroatoms. The molecule has 0 aliphatic carbocycles. The van der Waals surface area contributed by atoms with Gasteiger partial charge in [0.05, 0.1) is 0 Å². The van der Waals surface area contributed by atoms with E-state index in [9.17, 15) is 9.18 Å². The van der Waals surface area contributed by atoms with E-state index >= 15 is 0 Å². The number of benzene rings is 1. The number of carbonyl (C=O) groups is 1. The van der Waals surface area contributed by atoms with Crippen molar-refractivity contribution in [3.8, 4) is 0 Å². The van der Waals surface area contributed by atoms with Crippen LogP contribution < -0.4 is 5.73 Å². The minimum atomic E-state index is -1.65. The van der Waals surface area contributed by atoms with Gasteiger partial charge in [-0.2, -0.15) is 0 Å². The highest BCUT2D eigenvalue weighted by molar-refractivity contribution is 9.10. The van der Waals surface area contributed by atoms with Crippen LogP contribution in [0.25, 0.3) is 0 Å². The van der Waals surface area contributed by atoms with E-state index in [2.05, 4.69) is 15.9 Å². The Bertz CT molecular complexity index is 366. The smallest absolute Gasteiger partial charge is 0.318 e. The first-order valence-electron chi connectivity index (χ1n) is 4.33. The number of hydrogen-bond acceptors (Lipinski definition) is 2. The highest BCUT2D eigenvalue weighted by atomic mass is 79.9. The average molecular weight is 276 g/mol. The quantitative estimate of drug-likeness (QED) is 0.879. The molecule has 0 aromatic heterocycles. The zero-order chi connectivity index (χ0) is 11.5. The van der Waals surface area contributed by atoms with Gasteiger partial charge in [0.15, 0.2) is 0 Å². The van der Waals surface area contributed by atoms with Crippen LogP contribution >= 0.6 is 15.9 Å². The third kappa shape index (κ3) is 2.03. The van der Waals surface area contributed by atoms with Crippen molar-refractivity contribution in [1.29, 1.82) is 0 Å². The second-order valence-corrected chi connectivity index (χ2v) is 4.06. The summed E-state index contributed by atoms with van der Waals surface area (Å²) in [5.74, 6) is -1.25. The monoisotopic (exact) mass is 275 g/mol. The Hall–Kier alpha value is -0.940. The van der Waals surface area contributed by atoms with Gasteiger partial charge in [0, 0.05) is 11.0 Å². The van der Waals surface area contributed by atoms with E-state index in [4.69, 9.17) is 10.8 Å². The maximum atomic E-state index is 12.9. The summed E-state index contributed by atoms with van der Waals surface area (Å²) in [5, 5.41) is 9.06. The number of hydrogen-bond donors (Lipinski definition) is 2. The zero-order valence-corrected chi connectivity index (χ0v) is 9.50. The van der Waals surface area contributed by atoms with E-state index < -0.39 is 18.1 Å². The summed E-state index contributed by atoms with van der Waals surface area (Å²) in [7, 11) is 0. The lowest BCUT2D eigenvalue weighted by atomic mass is 9.82. The molecule has 1 aromatic carbocycles. The molecule has 1 aromatic rings. The Morgan fingerprint density at radius 2 is 2.13 bits per heavy atom. The lowest BCUT2D eigenvalue weighted by Crippen LogP contribution is -2.45. The molecule has 15 heavy (non-hydrogen) atoms. The van der Waals surface area contributed by atoms with Crippen LogP contribution in [0, 0.1) is 0 Å². The van der Waals surface area contributed by atoms with Gasteiger partial charge in [-0.3, -0.25) is 4.79 Å². The first-order chi connectivity index (χ1) is 7.08. The predicted octanol–water partition coefficient (Wildman–Crippen LogP) is 1.70. The Kier molecular flexibility index (Phi) is 3.82. The normalized spacial score (nSPS) is 14.6. The number of nitrogens with two attached hydrogens (primary N) is 1. The van der Waals surface area contributed by atoms with E-state index in [0.717, 1.165) is 0 Å². The fourth-order valence-electron chi connectivity index (χ4n) is 1.35. The molecule has 3 nitrogen and oxygen atoms in total. The largest absolute Gasteiger partial charge is 0.480 e. The number of aliphatic carboxylic acids is 1. The van der Waals surface area contributed by atoms with Crippen LogP contribution in [0.4, 0.5) is 4.39 Å². The maximum Gasteiger partial charge on any atom is 0.318 e. The third-order valence-corrected chi connectivity index (χ3v) is 3.07. The van der Waals surface area contributed by atoms with Crippen LogP contribution in [-0.4, -0.2) is 24.3 Å². The van der Waals surface area contributed by atoms with E-state index in [1.165, 1.54) is 0 Å². The molecule has 1 rings (SSSR count). The van der Waals surface area contributed by atoms with E-state index in [-0.39, 0.29) is 6.54 Å². The van der Waals surface area contributed by atoms with Crippen molar-refractivity contribution >= 4 is 21.9 Å². The van der Waals surface area contributed by atoms with Crippen molar-refractivity contribution in [3.63, 3.8) is 0 Å². The molecule has 1 unspecified atom stereocenters. The number of halogens is 2. The van der Waals surface area contributed by atoms with Gasteiger partial charge in [0.1, 0.15) is 12.1 Å². The molecular weight excluding hydrogens is 265 g/mol. The molecule has 3 N–H and O–H groups in total. The van der Waals surface area contributed by atoms with Crippen LogP contribution in [0.2, 0.25) is 0 Å². The molecule has 0 heterocycles. The summed E-state index contributed by atoms with van der Waals surface area (Å²) in [6.07, 6.45) is 0. The molecule has 0 spiro atoms. The summed E-state index contributed by atoms with van der Waals surface area (Å²) < 4.78 is 13.5. The van der Waals surface area contributed by atoms with Gasteiger partial charge in [-0.1, -0.05) is 34.1 Å². The van der Waals surface area contributed by atoms with Crippen molar-refractivity contribution in [2.24, 2.45) is 5.73 Å². The molecule has 0 bridgehead atoms. The molecule has 1 atom stereocenters. The zero-order valence-electron chi connectivity index (χ0n) is 7.91. The Morgan fingerprint density at radius 3 is 2.53 bits per heavy atom. The highest BCUT2D eigenvalue weighted by Crippen LogP contribution is 2.30. The van der Waals surface area contributed by atoms with Crippen LogP contribution in [0.15, 0.2) is 28.7 Å². The van der Waals surface area contributed by atoms with E-state index in [0.29, 0.717) is 10.0 Å². The van der Waals surface area contributed by atoms with Gasteiger partial charge in [0.25, 0.3) is 0 Å². The maximum absolute atomic E-state index is 12.9. The fourth-order valence-corrected chi connectivity index (χ4v) is 2.01. The van der Waals surface area contributed by atoms with Gasteiger partial charge in [-0.25, -0.2) is 4.39 Å². The predicted molar refractivity (Wildman–Crippen MR) is 58.5 cm³/mol. The lowest BCUT2D eigenvalue weighted by molar-refractivity contribution is -0.144. The summed E-state index contributed by atoms with van der Waals surface area (Å²) in [6, 6.07) is 6.61. The minimum absolute atomic E-state index is 0.276. The Morgan fingerprint density at radius 1 is 1.53 bits per heavy atom. The van der Waals surface area contributed by atoms with Crippen molar-refractivity contribution in [2.45, 2.75) is 5.41 Å². The van der Waals surface area contributed by atoms with Crippen LogP contribution in [0.5, 0.6) is 0 Å². The van der Waals surface area contributed by atoms with Gasteiger partial charge < -0.3 is 10.8 Å². The summed E-state index contributed by atoms with van der Waals surface area (Å²) in [6.45, 7) is -1.30. The standard InChI is InChI=1S/C10H11BrFNO2/c11-8-4-2-1-3-7(8)10(5-12,6-13)9(14)15/h1-4H,5-6,13H2,(H,14,15). The molecule has 0 radical (unpaired) electrons. The summed E-state index contributed by atoms with van der Waals surface area (Å²) >= 11 is 3.20. The second-order valence-electron chi connectivity index (χ2n) is 3.20. The molecule has 0 aliphatic rings. The Labute approximate surface area is 95.2 Å². The summed E-state index contributed by atoms with van der Waals surface area (Å²) in [5.41, 5.74) is 4.09. The van der Waals surface area contributed by atoms with Crippen molar-refractivity contribution < 1.29 is 14.3 Å². The second kappa shape index (κ2) is 4.72. The number of alkyl halides is 1. The van der Waals surface area contributed by atoms with E-state index in [1.807, 2.05) is 0 Å². The van der Waals surface area contributed by atoms with Crippen molar-refractivity contribution in [1.82, 2.24) is 0 Å². The van der Waals surface area contributed by atoms with Crippen LogP contribution in [0.1, 0.15) is 5.56 Å². The SMILES string of the molecule is NCC(CF)(C(=O)O)c1ccccc1Br. The molecule has 0 fully saturated rings. The highest BCUT2D eigenvalue weighted by Gasteiger charge is 2.40. The van der Waals surface area contributed by atoms with Gasteiger partial charge in [0.2, 0.25) is 0 Å². The first kappa shape index (κ1) is 12.1. The number of carboxylic acids is 1. The molecule has 0 saturated carbocycles. The van der Waals surface area contributed by atoms with Crippen LogP contribution in [0.3, 0.4) is 0 Å². The van der Waals surface area contributed by atoms with Gasteiger partial charge in [-0.15, -0.1) is 0 Å². The lowest BCUT2D eigenvalue weighted by Gasteiger charge is -2.25. The summed E-state index contributed by atoms with van der Waals surface area (Å²) in [4.78, 5) is 11.1. The fraction of sp³-hybridized carbons (Fsp3) is 0.300. The molecule has 82 valence electrons. The minimum Gasteiger partial charge on any atom is -0.480 e. The Balaban J connectivity index is 3.33. The first-order valence-corrected chi connectivity index (χ1v) is 5.12.